The van der Waals surface area contributed by atoms with E-state index in [1.165, 1.54) is 6.07 Å². The first kappa shape index (κ1) is 14.3. The Morgan fingerprint density at radius 3 is 2.65 bits per heavy atom. The van der Waals surface area contributed by atoms with Crippen molar-refractivity contribution in [3.8, 4) is 0 Å². The number of nitrogens with zero attached hydrogens (tertiary/aromatic N) is 3. The number of hydrogen-bond donors (Lipinski definition) is 1. The van der Waals surface area contributed by atoms with Gasteiger partial charge in [-0.15, -0.1) is 0 Å². The summed E-state index contributed by atoms with van der Waals surface area (Å²) < 4.78 is 0. The number of amides is 1. The quantitative estimate of drug-likeness (QED) is 0.657. The molecule has 1 aliphatic rings. The van der Waals surface area contributed by atoms with Crippen LogP contribution in [-0.4, -0.2) is 47.5 Å². The van der Waals surface area contributed by atoms with Gasteiger partial charge in [-0.2, -0.15) is 0 Å². The largest absolute Gasteiger partial charge is 0.389 e. The Morgan fingerprint density at radius 1 is 1.40 bits per heavy atom. The average molecular weight is 279 g/mol. The summed E-state index contributed by atoms with van der Waals surface area (Å²) >= 11 is 0. The molecule has 108 valence electrons. The zero-order chi connectivity index (χ0) is 14.9. The fourth-order valence-corrected chi connectivity index (χ4v) is 2.18. The van der Waals surface area contributed by atoms with Crippen molar-refractivity contribution >= 4 is 17.3 Å². The summed E-state index contributed by atoms with van der Waals surface area (Å²) in [5.41, 5.74) is 0.822. The Bertz CT molecular complexity index is 544. The van der Waals surface area contributed by atoms with Crippen LogP contribution in [0.3, 0.4) is 0 Å². The summed E-state index contributed by atoms with van der Waals surface area (Å²) in [6.45, 7) is 2.77. The lowest BCUT2D eigenvalue weighted by atomic mass is 10.1. The van der Waals surface area contributed by atoms with E-state index >= 15 is 0 Å². The molecule has 0 spiro atoms. The van der Waals surface area contributed by atoms with Crippen LogP contribution in [0, 0.1) is 10.1 Å². The molecule has 1 N–H and O–H groups in total. The zero-order valence-electron chi connectivity index (χ0n) is 11.4. The van der Waals surface area contributed by atoms with E-state index < -0.39 is 11.0 Å². The van der Waals surface area contributed by atoms with Crippen molar-refractivity contribution < 1.29 is 14.8 Å². The van der Waals surface area contributed by atoms with Crippen LogP contribution in [0.4, 0.5) is 11.4 Å². The van der Waals surface area contributed by atoms with Crippen LogP contribution in [-0.2, 0) is 4.79 Å². The van der Waals surface area contributed by atoms with Gasteiger partial charge in [-0.3, -0.25) is 14.9 Å². The molecule has 0 unspecified atom stereocenters. The first-order valence-electron chi connectivity index (χ1n) is 6.35. The first-order valence-corrected chi connectivity index (χ1v) is 6.35. The Hall–Kier alpha value is -2.15. The number of carbonyl (C=O) groups is 1. The second-order valence-electron chi connectivity index (χ2n) is 4.92. The van der Waals surface area contributed by atoms with Crippen molar-refractivity contribution in [2.45, 2.75) is 13.0 Å². The van der Waals surface area contributed by atoms with Gasteiger partial charge in [0.25, 0.3) is 5.69 Å². The van der Waals surface area contributed by atoms with Gasteiger partial charge in [-0.05, 0) is 18.6 Å². The number of anilines is 1. The molecule has 1 amide bonds. The third kappa shape index (κ3) is 2.72. The predicted octanol–water partition coefficient (Wildman–Crippen LogP) is 0.926. The van der Waals surface area contributed by atoms with Crippen molar-refractivity contribution in [3.05, 3.63) is 33.9 Å². The van der Waals surface area contributed by atoms with Crippen molar-refractivity contribution in [2.75, 3.05) is 31.6 Å². The number of likely N-dealkylation sites (N-methyl/N-ethyl adjacent to an activating group) is 1. The molecule has 1 aromatic carbocycles. The van der Waals surface area contributed by atoms with E-state index in [0.717, 1.165) is 0 Å². The molecule has 7 nitrogen and oxygen atoms in total. The van der Waals surface area contributed by atoms with Crippen molar-refractivity contribution in [1.82, 2.24) is 4.90 Å². The highest BCUT2D eigenvalue weighted by Crippen LogP contribution is 2.31. The zero-order valence-corrected chi connectivity index (χ0v) is 11.4. The van der Waals surface area contributed by atoms with E-state index in [4.69, 9.17) is 0 Å². The lowest BCUT2D eigenvalue weighted by Crippen LogP contribution is -2.48. The molecule has 1 aromatic rings. The standard InChI is InChI=1S/C13H17N3O4/c1-9(17)10-3-4-11(12(7-10)16(19)20)15-6-5-14(2)13(18)8-15/h3-4,7,9,17H,5-6,8H2,1-2H3/t9-/m0/s1. The minimum absolute atomic E-state index is 0.0647. The fraction of sp³-hybridized carbons (Fsp3) is 0.462. The number of nitro groups is 1. The number of benzene rings is 1. The molecule has 1 fully saturated rings. The molecule has 0 bridgehead atoms. The van der Waals surface area contributed by atoms with Crippen LogP contribution in [0.15, 0.2) is 18.2 Å². The lowest BCUT2D eigenvalue weighted by molar-refractivity contribution is -0.384. The maximum absolute atomic E-state index is 11.7. The number of hydrogen-bond acceptors (Lipinski definition) is 5. The maximum atomic E-state index is 11.7. The number of carbonyl (C=O) groups excluding carboxylic acids is 1. The fourth-order valence-electron chi connectivity index (χ4n) is 2.18. The Morgan fingerprint density at radius 2 is 2.10 bits per heavy atom. The molecule has 0 saturated carbocycles. The summed E-state index contributed by atoms with van der Waals surface area (Å²) in [6, 6.07) is 4.61. The molecular formula is C13H17N3O4. The molecule has 1 atom stereocenters. The molecule has 0 aliphatic carbocycles. The summed E-state index contributed by atoms with van der Waals surface area (Å²) in [6.07, 6.45) is -0.767. The number of rotatable bonds is 3. The van der Waals surface area contributed by atoms with Gasteiger partial charge in [0.1, 0.15) is 5.69 Å². The van der Waals surface area contributed by atoms with Gasteiger partial charge < -0.3 is 14.9 Å². The second kappa shape index (κ2) is 5.46. The molecule has 2 rings (SSSR count). The van der Waals surface area contributed by atoms with E-state index in [1.807, 2.05) is 0 Å². The number of aliphatic hydroxyl groups excluding tert-OH is 1. The van der Waals surface area contributed by atoms with Gasteiger partial charge in [0.15, 0.2) is 0 Å². The SMILES string of the molecule is C[C@H](O)c1ccc(N2CCN(C)C(=O)C2)c([N+](=O)[O-])c1. The van der Waals surface area contributed by atoms with Gasteiger partial charge in [-0.25, -0.2) is 0 Å². The Kier molecular flexibility index (Phi) is 3.89. The highest BCUT2D eigenvalue weighted by Gasteiger charge is 2.27. The van der Waals surface area contributed by atoms with Gasteiger partial charge in [-0.1, -0.05) is 6.07 Å². The van der Waals surface area contributed by atoms with Crippen LogP contribution in [0.1, 0.15) is 18.6 Å². The molecule has 1 aliphatic heterocycles. The van der Waals surface area contributed by atoms with E-state index in [2.05, 4.69) is 0 Å². The summed E-state index contributed by atoms with van der Waals surface area (Å²) in [7, 11) is 1.71. The molecule has 20 heavy (non-hydrogen) atoms. The topological polar surface area (TPSA) is 86.9 Å². The Labute approximate surface area is 116 Å². The third-order valence-corrected chi connectivity index (χ3v) is 3.48. The van der Waals surface area contributed by atoms with Gasteiger partial charge in [0.05, 0.1) is 17.6 Å². The van der Waals surface area contributed by atoms with Crippen molar-refractivity contribution in [1.29, 1.82) is 0 Å². The third-order valence-electron chi connectivity index (χ3n) is 3.48. The van der Waals surface area contributed by atoms with E-state index in [9.17, 15) is 20.0 Å². The minimum atomic E-state index is -0.767. The average Bonchev–Trinajstić information content (AvgIpc) is 2.41. The van der Waals surface area contributed by atoms with Crippen LogP contribution in [0.2, 0.25) is 0 Å². The molecule has 7 heteroatoms. The Balaban J connectivity index is 2.36. The lowest BCUT2D eigenvalue weighted by Gasteiger charge is -2.33. The highest BCUT2D eigenvalue weighted by molar-refractivity contribution is 5.83. The van der Waals surface area contributed by atoms with E-state index in [1.54, 1.807) is 35.9 Å². The maximum Gasteiger partial charge on any atom is 0.292 e. The molecule has 0 aromatic heterocycles. The predicted molar refractivity (Wildman–Crippen MR) is 73.6 cm³/mol. The smallest absolute Gasteiger partial charge is 0.292 e. The molecule has 1 saturated heterocycles. The van der Waals surface area contributed by atoms with Crippen LogP contribution in [0.25, 0.3) is 0 Å². The van der Waals surface area contributed by atoms with Crippen LogP contribution < -0.4 is 4.90 Å². The number of piperazine rings is 1. The monoisotopic (exact) mass is 279 g/mol. The molecule has 0 radical (unpaired) electrons. The van der Waals surface area contributed by atoms with Crippen LogP contribution >= 0.6 is 0 Å². The van der Waals surface area contributed by atoms with Gasteiger partial charge in [0, 0.05) is 26.2 Å². The second-order valence-corrected chi connectivity index (χ2v) is 4.92. The van der Waals surface area contributed by atoms with E-state index in [-0.39, 0.29) is 18.1 Å². The first-order chi connectivity index (χ1) is 9.40. The van der Waals surface area contributed by atoms with Gasteiger partial charge >= 0.3 is 0 Å². The molecular weight excluding hydrogens is 262 g/mol. The minimum Gasteiger partial charge on any atom is -0.389 e. The number of aliphatic hydroxyl groups is 1. The highest BCUT2D eigenvalue weighted by atomic mass is 16.6. The summed E-state index contributed by atoms with van der Waals surface area (Å²) in [5.74, 6) is -0.0647. The summed E-state index contributed by atoms with van der Waals surface area (Å²) in [5, 5.41) is 20.7. The molecule has 1 heterocycles. The number of nitro benzene ring substituents is 1. The normalized spacial score (nSPS) is 17.2. The van der Waals surface area contributed by atoms with Crippen molar-refractivity contribution in [2.24, 2.45) is 0 Å². The summed E-state index contributed by atoms with van der Waals surface area (Å²) in [4.78, 5) is 25.7. The van der Waals surface area contributed by atoms with Crippen LogP contribution in [0.5, 0.6) is 0 Å². The van der Waals surface area contributed by atoms with Crippen molar-refractivity contribution in [3.63, 3.8) is 0 Å². The van der Waals surface area contributed by atoms with E-state index in [0.29, 0.717) is 24.3 Å². The van der Waals surface area contributed by atoms with Gasteiger partial charge in [0.2, 0.25) is 5.91 Å².